The van der Waals surface area contributed by atoms with E-state index in [1.165, 1.54) is 18.7 Å². The molecule has 0 bridgehead atoms. The highest BCUT2D eigenvalue weighted by Gasteiger charge is 2.18. The molecule has 0 fully saturated rings. The Kier molecular flexibility index (Phi) is 24.3. The standard InChI is InChI=1S/C27H52N6O6S/c1-21(19-40-20-22(2)34)26(38)32-16-15-29-13-14-30-18-24(35)33-23(17-28)27(39)31-12-10-8-6-4-3-5-7-9-11-25(36)37/h21,23,29-30H,3-20,28H2,1-2H3,(H,31,39)(H,32,38)(H,33,35)(H,36,37)/t21-,23-/m0/s1. The molecule has 12 nitrogen and oxygen atoms in total. The summed E-state index contributed by atoms with van der Waals surface area (Å²) in [6, 6.07) is -0.773. The summed E-state index contributed by atoms with van der Waals surface area (Å²) in [5.74, 6) is -0.390. The molecule has 2 atom stereocenters. The Balaban J connectivity index is 3.73. The molecule has 232 valence electrons. The third-order valence-electron chi connectivity index (χ3n) is 5.99. The van der Waals surface area contributed by atoms with Crippen molar-refractivity contribution in [1.82, 2.24) is 26.6 Å². The molecule has 0 aliphatic rings. The molecule has 0 aromatic heterocycles. The van der Waals surface area contributed by atoms with Crippen LogP contribution in [0.4, 0.5) is 0 Å². The highest BCUT2D eigenvalue weighted by Crippen LogP contribution is 2.10. The Labute approximate surface area is 243 Å². The van der Waals surface area contributed by atoms with E-state index in [1.54, 1.807) is 0 Å². The first-order valence-electron chi connectivity index (χ1n) is 14.4. The van der Waals surface area contributed by atoms with Gasteiger partial charge < -0.3 is 37.4 Å². The van der Waals surface area contributed by atoms with Gasteiger partial charge in [0, 0.05) is 57.4 Å². The molecule has 3 amide bonds. The number of hydrogen-bond acceptors (Lipinski definition) is 9. The van der Waals surface area contributed by atoms with Crippen LogP contribution in [-0.2, 0) is 24.0 Å². The first-order valence-corrected chi connectivity index (χ1v) is 15.6. The second kappa shape index (κ2) is 25.7. The van der Waals surface area contributed by atoms with Crippen LogP contribution in [0.5, 0.6) is 0 Å². The van der Waals surface area contributed by atoms with Crippen LogP contribution in [-0.4, -0.2) is 97.9 Å². The highest BCUT2D eigenvalue weighted by atomic mass is 32.2. The number of carbonyl (C=O) groups excluding carboxylic acids is 4. The summed E-state index contributed by atoms with van der Waals surface area (Å²) in [6.45, 7) is 6.22. The van der Waals surface area contributed by atoms with Crippen LogP contribution in [0.2, 0.25) is 0 Å². The van der Waals surface area contributed by atoms with Gasteiger partial charge in [-0.25, -0.2) is 0 Å². The van der Waals surface area contributed by atoms with E-state index in [1.807, 2.05) is 6.92 Å². The molecule has 0 aliphatic heterocycles. The average molecular weight is 589 g/mol. The number of nitrogens with one attached hydrogen (secondary N) is 5. The van der Waals surface area contributed by atoms with Crippen LogP contribution in [0.1, 0.15) is 71.6 Å². The van der Waals surface area contributed by atoms with Crippen molar-refractivity contribution in [3.05, 3.63) is 0 Å². The minimum absolute atomic E-state index is 0.0146. The molecule has 0 heterocycles. The third kappa shape index (κ3) is 23.6. The zero-order valence-electron chi connectivity index (χ0n) is 24.4. The van der Waals surface area contributed by atoms with Crippen LogP contribution < -0.4 is 32.3 Å². The average Bonchev–Trinajstić information content (AvgIpc) is 2.90. The minimum Gasteiger partial charge on any atom is -0.481 e. The van der Waals surface area contributed by atoms with Crippen LogP contribution in [0.3, 0.4) is 0 Å². The Bertz CT molecular complexity index is 742. The summed E-state index contributed by atoms with van der Waals surface area (Å²) >= 11 is 1.46. The summed E-state index contributed by atoms with van der Waals surface area (Å²) in [6.07, 6.45) is 8.11. The largest absolute Gasteiger partial charge is 0.481 e. The number of carbonyl (C=O) groups is 5. The van der Waals surface area contributed by atoms with E-state index < -0.39 is 12.0 Å². The van der Waals surface area contributed by atoms with Crippen molar-refractivity contribution in [2.45, 2.75) is 77.7 Å². The van der Waals surface area contributed by atoms with Gasteiger partial charge in [-0.05, 0) is 19.8 Å². The molecule has 0 spiro atoms. The van der Waals surface area contributed by atoms with Gasteiger partial charge in [-0.3, -0.25) is 24.0 Å². The van der Waals surface area contributed by atoms with E-state index in [2.05, 4.69) is 26.6 Å². The number of hydrogen-bond donors (Lipinski definition) is 7. The summed E-state index contributed by atoms with van der Waals surface area (Å²) in [7, 11) is 0. The normalized spacial score (nSPS) is 12.4. The van der Waals surface area contributed by atoms with E-state index in [9.17, 15) is 24.0 Å². The number of ketones is 1. The van der Waals surface area contributed by atoms with Crippen LogP contribution in [0.15, 0.2) is 0 Å². The number of nitrogens with two attached hydrogens (primary N) is 1. The zero-order valence-corrected chi connectivity index (χ0v) is 25.2. The molecule has 0 rings (SSSR count). The summed E-state index contributed by atoms with van der Waals surface area (Å²) in [4.78, 5) is 57.9. The summed E-state index contributed by atoms with van der Waals surface area (Å²) < 4.78 is 0. The number of carboxylic acid groups (broad SMARTS) is 1. The van der Waals surface area contributed by atoms with Crippen molar-refractivity contribution < 1.29 is 29.1 Å². The maximum Gasteiger partial charge on any atom is 0.303 e. The maximum atomic E-state index is 12.3. The van der Waals surface area contributed by atoms with Gasteiger partial charge in [0.05, 0.1) is 12.3 Å². The van der Waals surface area contributed by atoms with Crippen molar-refractivity contribution in [3.8, 4) is 0 Å². The Morgan fingerprint density at radius 2 is 1.35 bits per heavy atom. The minimum atomic E-state index is -0.773. The van der Waals surface area contributed by atoms with Gasteiger partial charge in [0.2, 0.25) is 17.7 Å². The Morgan fingerprint density at radius 1 is 0.775 bits per heavy atom. The number of Topliss-reactive ketones (excluding diaryl/α,β-unsaturated/α-hetero) is 1. The summed E-state index contributed by atoms with van der Waals surface area (Å²) in [5.41, 5.74) is 5.67. The van der Waals surface area contributed by atoms with E-state index in [0.717, 1.165) is 51.4 Å². The molecule has 0 unspecified atom stereocenters. The van der Waals surface area contributed by atoms with Crippen molar-refractivity contribution in [3.63, 3.8) is 0 Å². The molecule has 0 aromatic rings. The SMILES string of the molecule is CC(=O)CSC[C@H](C)C(=O)NCCNCCNCC(=O)N[C@@H](CN)C(=O)NCCCCCCCCCCC(=O)O. The first-order chi connectivity index (χ1) is 19.2. The van der Waals surface area contributed by atoms with Gasteiger partial charge in [-0.2, -0.15) is 11.8 Å². The number of carboxylic acids is 1. The summed E-state index contributed by atoms with van der Waals surface area (Å²) in [5, 5.41) is 23.1. The molecule has 40 heavy (non-hydrogen) atoms. The third-order valence-corrected chi connectivity index (χ3v) is 7.34. The van der Waals surface area contributed by atoms with Gasteiger partial charge in [0.25, 0.3) is 0 Å². The molecule has 0 aromatic carbocycles. The quantitative estimate of drug-likeness (QED) is 0.0661. The van der Waals surface area contributed by atoms with Crippen molar-refractivity contribution in [1.29, 1.82) is 0 Å². The fourth-order valence-corrected chi connectivity index (χ4v) is 4.59. The lowest BCUT2D eigenvalue weighted by Crippen LogP contribution is -2.52. The fraction of sp³-hybridized carbons (Fsp3) is 0.815. The van der Waals surface area contributed by atoms with Gasteiger partial charge in [0.1, 0.15) is 11.8 Å². The molecular formula is C27H52N6O6S. The molecule has 0 saturated carbocycles. The van der Waals surface area contributed by atoms with Crippen molar-refractivity contribution in [2.24, 2.45) is 11.7 Å². The monoisotopic (exact) mass is 588 g/mol. The molecular weight excluding hydrogens is 536 g/mol. The molecule has 0 saturated heterocycles. The van der Waals surface area contributed by atoms with Crippen LogP contribution in [0, 0.1) is 5.92 Å². The number of amides is 3. The van der Waals surface area contributed by atoms with Crippen molar-refractivity contribution in [2.75, 3.05) is 57.3 Å². The van der Waals surface area contributed by atoms with E-state index in [4.69, 9.17) is 10.8 Å². The molecule has 8 N–H and O–H groups in total. The number of thioether (sulfide) groups is 1. The van der Waals surface area contributed by atoms with E-state index >= 15 is 0 Å². The van der Waals surface area contributed by atoms with Crippen LogP contribution >= 0.6 is 11.8 Å². The molecule has 13 heteroatoms. The van der Waals surface area contributed by atoms with Gasteiger partial charge >= 0.3 is 5.97 Å². The lowest BCUT2D eigenvalue weighted by Gasteiger charge is -2.17. The van der Waals surface area contributed by atoms with E-state index in [-0.39, 0.29) is 48.9 Å². The maximum absolute atomic E-state index is 12.3. The number of aliphatic carboxylic acids is 1. The zero-order chi connectivity index (χ0) is 30.0. The van der Waals surface area contributed by atoms with E-state index in [0.29, 0.717) is 44.2 Å². The Morgan fingerprint density at radius 3 is 1.98 bits per heavy atom. The molecule has 0 radical (unpaired) electrons. The number of rotatable bonds is 27. The highest BCUT2D eigenvalue weighted by molar-refractivity contribution is 7.99. The predicted molar refractivity (Wildman–Crippen MR) is 159 cm³/mol. The predicted octanol–water partition coefficient (Wildman–Crippen LogP) is 0.395. The second-order valence-corrected chi connectivity index (χ2v) is 11.0. The topological polar surface area (TPSA) is 192 Å². The van der Waals surface area contributed by atoms with Crippen molar-refractivity contribution >= 4 is 41.2 Å². The Hall–Kier alpha value is -2.22. The van der Waals surface area contributed by atoms with Gasteiger partial charge in [0.15, 0.2) is 0 Å². The fourth-order valence-electron chi connectivity index (χ4n) is 3.68. The smallest absolute Gasteiger partial charge is 0.303 e. The number of unbranched alkanes of at least 4 members (excludes halogenated alkanes) is 7. The lowest BCUT2D eigenvalue weighted by molar-refractivity contribution is -0.137. The van der Waals surface area contributed by atoms with Gasteiger partial charge in [-0.15, -0.1) is 0 Å². The van der Waals surface area contributed by atoms with Crippen LogP contribution in [0.25, 0.3) is 0 Å². The second-order valence-electron chi connectivity index (χ2n) is 9.95. The lowest BCUT2D eigenvalue weighted by atomic mass is 10.1. The van der Waals surface area contributed by atoms with Gasteiger partial charge in [-0.1, -0.05) is 45.4 Å². The molecule has 0 aliphatic carbocycles. The first kappa shape index (κ1) is 37.8.